The molecule has 0 saturated carbocycles. The molecule has 1 heterocycles. The first-order valence-electron chi connectivity index (χ1n) is 8.41. The van der Waals surface area contributed by atoms with Crippen molar-refractivity contribution >= 4 is 28.2 Å². The van der Waals surface area contributed by atoms with Crippen LogP contribution in [0, 0.1) is 0 Å². The Morgan fingerprint density at radius 1 is 1.07 bits per heavy atom. The Balaban J connectivity index is 1.61. The van der Waals surface area contributed by atoms with Gasteiger partial charge in [-0.3, -0.25) is 4.79 Å². The molecule has 0 aliphatic rings. The Morgan fingerprint density at radius 3 is 2.52 bits per heavy atom. The molecule has 0 radical (unpaired) electrons. The second-order valence-electron chi connectivity index (χ2n) is 5.91. The van der Waals surface area contributed by atoms with Crippen LogP contribution in [0.25, 0.3) is 11.1 Å². The second-order valence-corrected chi connectivity index (χ2v) is 6.83. The number of ether oxygens (including phenoxy) is 1. The third-order valence-electron chi connectivity index (χ3n) is 4.16. The molecule has 3 rings (SSSR count). The fraction of sp³-hybridized carbons (Fsp3) is 0.143. The lowest BCUT2D eigenvalue weighted by Crippen LogP contribution is -2.13. The maximum Gasteiger partial charge on any atom is 0.338 e. The van der Waals surface area contributed by atoms with Gasteiger partial charge in [-0.15, -0.1) is 11.3 Å². The molecule has 1 aromatic heterocycles. The lowest BCUT2D eigenvalue weighted by molar-refractivity contribution is -0.116. The van der Waals surface area contributed by atoms with E-state index in [1.165, 1.54) is 17.4 Å². The zero-order valence-corrected chi connectivity index (χ0v) is 15.6. The molecule has 0 aliphatic heterocycles. The molecule has 6 heteroatoms. The summed E-state index contributed by atoms with van der Waals surface area (Å²) in [6.07, 6.45) is 0.858. The molecule has 3 aromatic rings. The molecule has 1 amide bonds. The van der Waals surface area contributed by atoms with Crippen molar-refractivity contribution in [3.8, 4) is 16.9 Å². The SMILES string of the molecule is COc1ccccc1-c1ccc(CCC(=O)Nc2sccc2C(=O)O)cc1. The van der Waals surface area contributed by atoms with E-state index in [4.69, 9.17) is 9.84 Å². The number of para-hydroxylation sites is 1. The molecule has 0 saturated heterocycles. The topological polar surface area (TPSA) is 75.6 Å². The number of thiophene rings is 1. The molecule has 0 unspecified atom stereocenters. The zero-order chi connectivity index (χ0) is 19.2. The van der Waals surface area contributed by atoms with E-state index in [1.54, 1.807) is 12.5 Å². The van der Waals surface area contributed by atoms with Gasteiger partial charge in [0.1, 0.15) is 10.8 Å². The maximum absolute atomic E-state index is 12.1. The van der Waals surface area contributed by atoms with Gasteiger partial charge in [-0.25, -0.2) is 4.79 Å². The summed E-state index contributed by atoms with van der Waals surface area (Å²) in [5.41, 5.74) is 3.22. The Kier molecular flexibility index (Phi) is 5.88. The Labute approximate surface area is 161 Å². The summed E-state index contributed by atoms with van der Waals surface area (Å²) in [6.45, 7) is 0. The van der Waals surface area contributed by atoms with Crippen LogP contribution in [0.5, 0.6) is 5.75 Å². The first-order chi connectivity index (χ1) is 13.1. The molecule has 27 heavy (non-hydrogen) atoms. The van der Waals surface area contributed by atoms with Crippen LogP contribution in [0.15, 0.2) is 60.0 Å². The van der Waals surface area contributed by atoms with Gasteiger partial charge < -0.3 is 15.2 Å². The molecule has 0 aliphatic carbocycles. The van der Waals surface area contributed by atoms with E-state index in [9.17, 15) is 9.59 Å². The predicted octanol–water partition coefficient (Wildman–Crippen LogP) is 4.69. The lowest BCUT2D eigenvalue weighted by atomic mass is 10.0. The maximum atomic E-state index is 12.1. The van der Waals surface area contributed by atoms with Crippen LogP contribution in [0.4, 0.5) is 5.00 Å². The van der Waals surface area contributed by atoms with Crippen LogP contribution in [0.3, 0.4) is 0 Å². The summed E-state index contributed by atoms with van der Waals surface area (Å²) in [4.78, 5) is 23.2. The molecule has 0 fully saturated rings. The summed E-state index contributed by atoms with van der Waals surface area (Å²) < 4.78 is 5.39. The fourth-order valence-corrected chi connectivity index (χ4v) is 3.55. The number of methoxy groups -OCH3 is 1. The van der Waals surface area contributed by atoms with Crippen molar-refractivity contribution in [2.24, 2.45) is 0 Å². The monoisotopic (exact) mass is 381 g/mol. The van der Waals surface area contributed by atoms with Crippen LogP contribution in [0.2, 0.25) is 0 Å². The summed E-state index contributed by atoms with van der Waals surface area (Å²) in [7, 11) is 1.65. The number of hydrogen-bond acceptors (Lipinski definition) is 4. The van der Waals surface area contributed by atoms with Gasteiger partial charge in [0.15, 0.2) is 0 Å². The van der Waals surface area contributed by atoms with Crippen molar-refractivity contribution in [1.29, 1.82) is 0 Å². The van der Waals surface area contributed by atoms with Crippen LogP contribution in [-0.4, -0.2) is 24.1 Å². The van der Waals surface area contributed by atoms with E-state index in [2.05, 4.69) is 5.32 Å². The standard InChI is InChI=1S/C21H19NO4S/c1-26-18-5-3-2-4-16(18)15-9-6-14(7-10-15)8-11-19(23)22-20-17(21(24)25)12-13-27-20/h2-7,9-10,12-13H,8,11H2,1H3,(H,22,23)(H,24,25). The number of amides is 1. The molecule has 138 valence electrons. The van der Waals surface area contributed by atoms with Crippen LogP contribution in [-0.2, 0) is 11.2 Å². The highest BCUT2D eigenvalue weighted by Gasteiger charge is 2.14. The van der Waals surface area contributed by atoms with Gasteiger partial charge in [-0.1, -0.05) is 42.5 Å². The number of nitrogens with one attached hydrogen (secondary N) is 1. The van der Waals surface area contributed by atoms with Gasteiger partial charge in [0.05, 0.1) is 12.7 Å². The average molecular weight is 381 g/mol. The molecular formula is C21H19NO4S. The number of hydrogen-bond donors (Lipinski definition) is 2. The van der Waals surface area contributed by atoms with Gasteiger partial charge in [0.2, 0.25) is 5.91 Å². The highest BCUT2D eigenvalue weighted by atomic mass is 32.1. The number of aromatic carboxylic acids is 1. The van der Waals surface area contributed by atoms with Crippen molar-refractivity contribution in [2.45, 2.75) is 12.8 Å². The van der Waals surface area contributed by atoms with Gasteiger partial charge >= 0.3 is 5.97 Å². The van der Waals surface area contributed by atoms with E-state index in [0.717, 1.165) is 22.4 Å². The van der Waals surface area contributed by atoms with Crippen molar-refractivity contribution in [1.82, 2.24) is 0 Å². The van der Waals surface area contributed by atoms with Crippen molar-refractivity contribution < 1.29 is 19.4 Å². The Bertz CT molecular complexity index is 947. The van der Waals surface area contributed by atoms with E-state index in [1.807, 2.05) is 48.5 Å². The number of carboxylic acid groups (broad SMARTS) is 1. The quantitative estimate of drug-likeness (QED) is 0.622. The zero-order valence-electron chi connectivity index (χ0n) is 14.8. The van der Waals surface area contributed by atoms with Gasteiger partial charge in [-0.05, 0) is 35.1 Å². The van der Waals surface area contributed by atoms with Gasteiger partial charge in [-0.2, -0.15) is 0 Å². The Hall–Kier alpha value is -3.12. The minimum absolute atomic E-state index is 0.120. The van der Waals surface area contributed by atoms with Crippen LogP contribution < -0.4 is 10.1 Å². The summed E-state index contributed by atoms with van der Waals surface area (Å²) in [5, 5.41) is 13.8. The number of carbonyl (C=O) groups excluding carboxylic acids is 1. The average Bonchev–Trinajstić information content (AvgIpc) is 3.15. The smallest absolute Gasteiger partial charge is 0.338 e. The Morgan fingerprint density at radius 2 is 1.81 bits per heavy atom. The second kappa shape index (κ2) is 8.51. The van der Waals surface area contributed by atoms with E-state index >= 15 is 0 Å². The minimum atomic E-state index is -1.04. The highest BCUT2D eigenvalue weighted by molar-refractivity contribution is 7.14. The normalized spacial score (nSPS) is 10.4. The number of benzene rings is 2. The number of carboxylic acids is 1. The van der Waals surface area contributed by atoms with Crippen molar-refractivity contribution in [3.63, 3.8) is 0 Å². The van der Waals surface area contributed by atoms with Crippen molar-refractivity contribution in [2.75, 3.05) is 12.4 Å². The highest BCUT2D eigenvalue weighted by Crippen LogP contribution is 2.29. The van der Waals surface area contributed by atoms with Crippen LogP contribution >= 0.6 is 11.3 Å². The summed E-state index contributed by atoms with van der Waals surface area (Å²) in [6, 6.07) is 17.3. The number of carbonyl (C=O) groups is 2. The number of aryl methyl sites for hydroxylation is 1. The molecule has 0 bridgehead atoms. The van der Waals surface area contributed by atoms with E-state index < -0.39 is 5.97 Å². The predicted molar refractivity (Wildman–Crippen MR) is 107 cm³/mol. The third-order valence-corrected chi connectivity index (χ3v) is 4.99. The van der Waals surface area contributed by atoms with E-state index in [-0.39, 0.29) is 17.9 Å². The number of rotatable bonds is 7. The first kappa shape index (κ1) is 18.7. The van der Waals surface area contributed by atoms with Crippen molar-refractivity contribution in [3.05, 3.63) is 71.1 Å². The first-order valence-corrected chi connectivity index (χ1v) is 9.29. The molecule has 0 spiro atoms. The van der Waals surface area contributed by atoms with E-state index in [0.29, 0.717) is 11.4 Å². The largest absolute Gasteiger partial charge is 0.496 e. The summed E-state index contributed by atoms with van der Waals surface area (Å²) in [5.74, 6) is -0.429. The van der Waals surface area contributed by atoms with Crippen LogP contribution in [0.1, 0.15) is 22.3 Å². The van der Waals surface area contributed by atoms with Gasteiger partial charge in [0, 0.05) is 12.0 Å². The summed E-state index contributed by atoms with van der Waals surface area (Å²) >= 11 is 1.21. The lowest BCUT2D eigenvalue weighted by Gasteiger charge is -2.09. The fourth-order valence-electron chi connectivity index (χ4n) is 2.76. The molecule has 5 nitrogen and oxygen atoms in total. The van der Waals surface area contributed by atoms with Gasteiger partial charge in [0.25, 0.3) is 0 Å². The molecule has 0 atom stereocenters. The minimum Gasteiger partial charge on any atom is -0.496 e. The third kappa shape index (κ3) is 4.54. The number of anilines is 1. The molecule has 2 aromatic carbocycles. The molecule has 2 N–H and O–H groups in total. The molecular weight excluding hydrogens is 362 g/mol.